The second-order valence-corrected chi connectivity index (χ2v) is 11.0. The van der Waals surface area contributed by atoms with Crippen molar-refractivity contribution < 1.29 is 28.9 Å². The second-order valence-electron chi connectivity index (χ2n) is 11.0. The molecule has 1 aromatic heterocycles. The van der Waals surface area contributed by atoms with E-state index in [1.807, 2.05) is 91.0 Å². The number of hydrogen-bond acceptors (Lipinski definition) is 7. The number of hydrogen-bond donors (Lipinski definition) is 3. The Kier molecular flexibility index (Phi) is 8.87. The summed E-state index contributed by atoms with van der Waals surface area (Å²) in [5.41, 5.74) is 0.592. The van der Waals surface area contributed by atoms with E-state index < -0.39 is 54.5 Å². The highest BCUT2D eigenvalue weighted by atomic mass is 19.1. The molecular formula is C36H32FN3O6. The number of nitrogens with one attached hydrogen (secondary N) is 1. The molecule has 1 aliphatic heterocycles. The number of carbonyl (C=O) groups excluding carboxylic acids is 1. The van der Waals surface area contributed by atoms with Crippen LogP contribution in [0.4, 0.5) is 10.2 Å². The third-order valence-electron chi connectivity index (χ3n) is 8.07. The molecule has 0 saturated carbocycles. The second kappa shape index (κ2) is 13.2. The first-order chi connectivity index (χ1) is 22.3. The molecule has 1 saturated heterocycles. The molecule has 1 aliphatic rings. The molecule has 5 aromatic rings. The number of halogens is 1. The Labute approximate surface area is 264 Å². The van der Waals surface area contributed by atoms with Gasteiger partial charge in [0.25, 0.3) is 5.91 Å². The molecule has 9 nitrogen and oxygen atoms in total. The summed E-state index contributed by atoms with van der Waals surface area (Å²) in [5.74, 6) is -3.38. The summed E-state index contributed by atoms with van der Waals surface area (Å²) in [7, 11) is 0. The predicted molar refractivity (Wildman–Crippen MR) is 169 cm³/mol. The Hall–Kier alpha value is -5.00. The minimum atomic E-state index is -2.92. The molecule has 2 heterocycles. The van der Waals surface area contributed by atoms with Crippen LogP contribution >= 0.6 is 0 Å². The number of aromatic nitrogens is 2. The van der Waals surface area contributed by atoms with Gasteiger partial charge in [0.1, 0.15) is 23.8 Å². The van der Waals surface area contributed by atoms with Crippen LogP contribution in [0, 0.1) is 0 Å². The van der Waals surface area contributed by atoms with E-state index in [4.69, 9.17) is 9.47 Å². The minimum Gasteiger partial charge on any atom is -0.361 e. The van der Waals surface area contributed by atoms with Crippen LogP contribution in [-0.2, 0) is 15.1 Å². The molecule has 6 rings (SSSR count). The van der Waals surface area contributed by atoms with Gasteiger partial charge < -0.3 is 25.0 Å². The van der Waals surface area contributed by atoms with Crippen molar-refractivity contribution in [3.63, 3.8) is 0 Å². The van der Waals surface area contributed by atoms with E-state index in [1.165, 1.54) is 12.3 Å². The van der Waals surface area contributed by atoms with Crippen molar-refractivity contribution in [2.75, 3.05) is 11.9 Å². The molecule has 234 valence electrons. The summed E-state index contributed by atoms with van der Waals surface area (Å²) in [6, 6.07) is 38.1. The zero-order chi connectivity index (χ0) is 32.1. The van der Waals surface area contributed by atoms with Gasteiger partial charge in [-0.05, 0) is 34.9 Å². The molecule has 0 aliphatic carbocycles. The molecule has 0 radical (unpaired) electrons. The summed E-state index contributed by atoms with van der Waals surface area (Å²) >= 11 is 0. The van der Waals surface area contributed by atoms with Crippen LogP contribution in [0.3, 0.4) is 0 Å². The topological polar surface area (TPSA) is 123 Å². The van der Waals surface area contributed by atoms with E-state index in [9.17, 15) is 19.8 Å². The van der Waals surface area contributed by atoms with Gasteiger partial charge in [0.2, 0.25) is 5.79 Å². The van der Waals surface area contributed by atoms with Crippen LogP contribution < -0.4 is 11.0 Å². The summed E-state index contributed by atoms with van der Waals surface area (Å²) in [5, 5.41) is 24.4. The molecule has 3 N–H and O–H groups in total. The molecule has 10 heteroatoms. The Bertz CT molecular complexity index is 1720. The molecule has 46 heavy (non-hydrogen) atoms. The first-order valence-corrected chi connectivity index (χ1v) is 14.8. The maximum atomic E-state index is 15.5. The quantitative estimate of drug-likeness (QED) is 0.160. The number of rotatable bonds is 9. The molecule has 0 bridgehead atoms. The minimum absolute atomic E-state index is 0.000348. The number of amides is 1. The Morgan fingerprint density at radius 2 is 1.37 bits per heavy atom. The number of benzene rings is 4. The number of nitrogens with zero attached hydrogens (tertiary/aromatic N) is 2. The Balaban J connectivity index is 1.30. The predicted octanol–water partition coefficient (Wildman–Crippen LogP) is 4.81. The summed E-state index contributed by atoms with van der Waals surface area (Å²) in [6.07, 6.45) is -4.27. The number of carbonyl (C=O) groups is 1. The number of ether oxygens (including phenoxy) is 2. The van der Waals surface area contributed by atoms with Gasteiger partial charge in [0, 0.05) is 18.2 Å². The van der Waals surface area contributed by atoms with Crippen molar-refractivity contribution in [1.82, 2.24) is 9.55 Å². The van der Waals surface area contributed by atoms with E-state index in [2.05, 4.69) is 10.3 Å². The average molecular weight is 622 g/mol. The van der Waals surface area contributed by atoms with Crippen molar-refractivity contribution >= 4 is 11.7 Å². The first-order valence-electron chi connectivity index (χ1n) is 14.8. The van der Waals surface area contributed by atoms with Gasteiger partial charge in [-0.1, -0.05) is 109 Å². The smallest absolute Gasteiger partial charge is 0.351 e. The first kappa shape index (κ1) is 31.0. The summed E-state index contributed by atoms with van der Waals surface area (Å²) in [6.45, 7) is -0.462. The van der Waals surface area contributed by atoms with Crippen LogP contribution in [0.5, 0.6) is 0 Å². The van der Waals surface area contributed by atoms with E-state index in [-0.39, 0.29) is 5.82 Å². The monoisotopic (exact) mass is 621 g/mol. The lowest BCUT2D eigenvalue weighted by molar-refractivity contribution is -0.329. The molecule has 0 unspecified atom stereocenters. The Morgan fingerprint density at radius 1 is 0.870 bits per heavy atom. The molecule has 1 fully saturated rings. The maximum Gasteiger partial charge on any atom is 0.351 e. The van der Waals surface area contributed by atoms with Gasteiger partial charge in [-0.25, -0.2) is 9.18 Å². The van der Waals surface area contributed by atoms with Gasteiger partial charge in [-0.15, -0.1) is 0 Å². The Morgan fingerprint density at radius 3 is 1.87 bits per heavy atom. The van der Waals surface area contributed by atoms with Crippen molar-refractivity contribution in [3.8, 4) is 0 Å². The van der Waals surface area contributed by atoms with Crippen LogP contribution in [0.2, 0.25) is 0 Å². The highest BCUT2D eigenvalue weighted by molar-refractivity contribution is 6.03. The third-order valence-corrected chi connectivity index (χ3v) is 8.07. The standard InChI is InChI=1S/C36H32FN3O6/c37-29-23-32(40-22-21-31(39-34(40)42)38-33(41)25-13-5-1-6-14-25)46-30(36(29,43)44)24-45-35(26-15-7-2-8-16-26,27-17-9-3-10-18-27)28-19-11-4-12-20-28/h1-22,29-30,32,43-44H,23-24H2,(H,38,39,41,42)/t29-,30-,32-/m1/s1. The highest BCUT2D eigenvalue weighted by Gasteiger charge is 2.52. The van der Waals surface area contributed by atoms with Gasteiger partial charge in [-0.2, -0.15) is 4.98 Å². The summed E-state index contributed by atoms with van der Waals surface area (Å²) in [4.78, 5) is 29.5. The van der Waals surface area contributed by atoms with Crippen LogP contribution in [-0.4, -0.2) is 50.3 Å². The van der Waals surface area contributed by atoms with E-state index >= 15 is 4.39 Å². The lowest BCUT2D eigenvalue weighted by Crippen LogP contribution is -2.59. The van der Waals surface area contributed by atoms with Gasteiger partial charge in [0.15, 0.2) is 6.17 Å². The number of aliphatic hydroxyl groups is 2. The van der Waals surface area contributed by atoms with Crippen LogP contribution in [0.1, 0.15) is 39.7 Å². The number of alkyl halides is 1. The van der Waals surface area contributed by atoms with Crippen LogP contribution in [0.25, 0.3) is 0 Å². The fraction of sp³-hybridized carbons (Fsp3) is 0.194. The molecule has 3 atom stereocenters. The fourth-order valence-electron chi connectivity index (χ4n) is 5.69. The van der Waals surface area contributed by atoms with Gasteiger partial charge >= 0.3 is 5.69 Å². The molecular weight excluding hydrogens is 589 g/mol. The van der Waals surface area contributed by atoms with Gasteiger partial charge in [0.05, 0.1) is 6.61 Å². The molecule has 0 spiro atoms. The fourth-order valence-corrected chi connectivity index (χ4v) is 5.69. The average Bonchev–Trinajstić information content (AvgIpc) is 3.09. The SMILES string of the molecule is O=C(Nc1ccn([C@H]2C[C@@H](F)C(O)(O)[C@@H](COC(c3ccccc3)(c3ccccc3)c3ccccc3)O2)c(=O)n1)c1ccccc1. The van der Waals surface area contributed by atoms with Crippen molar-refractivity contribution in [2.45, 2.75) is 36.3 Å². The normalized spacial score (nSPS) is 19.3. The van der Waals surface area contributed by atoms with Crippen LogP contribution in [0.15, 0.2) is 138 Å². The van der Waals surface area contributed by atoms with E-state index in [1.54, 1.807) is 30.3 Å². The largest absolute Gasteiger partial charge is 0.361 e. The van der Waals surface area contributed by atoms with E-state index in [0.717, 1.165) is 21.3 Å². The molecule has 1 amide bonds. The third kappa shape index (κ3) is 6.11. The zero-order valence-electron chi connectivity index (χ0n) is 24.6. The van der Waals surface area contributed by atoms with Crippen molar-refractivity contribution in [2.24, 2.45) is 0 Å². The maximum absolute atomic E-state index is 15.5. The van der Waals surface area contributed by atoms with Crippen molar-refractivity contribution in [3.05, 3.63) is 166 Å². The highest BCUT2D eigenvalue weighted by Crippen LogP contribution is 2.42. The van der Waals surface area contributed by atoms with Crippen molar-refractivity contribution in [1.29, 1.82) is 0 Å². The lowest BCUT2D eigenvalue weighted by atomic mass is 9.80. The zero-order valence-corrected chi connectivity index (χ0v) is 24.6. The molecule has 4 aromatic carbocycles. The van der Waals surface area contributed by atoms with E-state index in [0.29, 0.717) is 5.56 Å². The van der Waals surface area contributed by atoms with Gasteiger partial charge in [-0.3, -0.25) is 9.36 Å². The lowest BCUT2D eigenvalue weighted by Gasteiger charge is -2.44. The summed E-state index contributed by atoms with van der Waals surface area (Å²) < 4.78 is 29.2. The number of anilines is 1.